The molecule has 0 bridgehead atoms. The second kappa shape index (κ2) is 7.97. The molecule has 1 saturated heterocycles. The summed E-state index contributed by atoms with van der Waals surface area (Å²) in [6, 6.07) is 10.6. The van der Waals surface area contributed by atoms with E-state index in [0.717, 1.165) is 5.56 Å². The molecule has 2 aromatic rings. The topological polar surface area (TPSA) is 47.3 Å². The lowest BCUT2D eigenvalue weighted by Gasteiger charge is -2.30. The molecule has 9 heteroatoms. The minimum atomic E-state index is -4.89. The third-order valence-corrected chi connectivity index (χ3v) is 4.90. The predicted octanol–water partition coefficient (Wildman–Crippen LogP) is 4.46. The van der Waals surface area contributed by atoms with Crippen molar-refractivity contribution in [2.45, 2.75) is 37.0 Å². The highest BCUT2D eigenvalue weighted by molar-refractivity contribution is 5.33. The van der Waals surface area contributed by atoms with E-state index in [0.29, 0.717) is 25.1 Å². The van der Waals surface area contributed by atoms with Crippen LogP contribution in [-0.4, -0.2) is 19.2 Å². The number of hydrogen-bond donors (Lipinski definition) is 2. The number of ether oxygens (including phenoxy) is 1. The molecular weight excluding hydrogens is 398 g/mol. The van der Waals surface area contributed by atoms with Crippen LogP contribution in [0.5, 0.6) is 0 Å². The van der Waals surface area contributed by atoms with Gasteiger partial charge in [0, 0.05) is 12.6 Å². The van der Waals surface area contributed by atoms with E-state index in [2.05, 4.69) is 5.32 Å². The molecule has 0 spiro atoms. The van der Waals surface area contributed by atoms with Crippen LogP contribution in [0.1, 0.15) is 28.7 Å². The molecule has 0 amide bonds. The summed E-state index contributed by atoms with van der Waals surface area (Å²) in [5.74, 6) is 0. The lowest BCUT2D eigenvalue weighted by molar-refractivity contribution is -0.143. The van der Waals surface area contributed by atoms with Gasteiger partial charge < -0.3 is 15.8 Å². The molecule has 1 aliphatic rings. The van der Waals surface area contributed by atoms with Crippen molar-refractivity contribution in [1.29, 1.82) is 0 Å². The number of nitrogens with two attached hydrogens (primary N) is 1. The molecule has 0 saturated carbocycles. The molecule has 1 heterocycles. The first-order valence-electron chi connectivity index (χ1n) is 8.92. The van der Waals surface area contributed by atoms with Crippen molar-refractivity contribution in [3.8, 4) is 0 Å². The number of nitrogens with one attached hydrogen (secondary N) is 1. The van der Waals surface area contributed by atoms with E-state index in [1.807, 2.05) is 30.3 Å². The van der Waals surface area contributed by atoms with Crippen molar-refractivity contribution in [2.75, 3.05) is 13.2 Å². The van der Waals surface area contributed by atoms with Gasteiger partial charge in [-0.1, -0.05) is 30.3 Å². The first kappa shape index (κ1) is 21.6. The van der Waals surface area contributed by atoms with E-state index >= 15 is 0 Å². The molecule has 0 radical (unpaired) electrons. The molecule has 1 fully saturated rings. The van der Waals surface area contributed by atoms with Gasteiger partial charge in [0.25, 0.3) is 0 Å². The zero-order chi connectivity index (χ0) is 21.3. The molecule has 3 N–H and O–H groups in total. The van der Waals surface area contributed by atoms with E-state index in [4.69, 9.17) is 10.5 Å². The van der Waals surface area contributed by atoms with Gasteiger partial charge in [0.05, 0.1) is 29.9 Å². The summed E-state index contributed by atoms with van der Waals surface area (Å²) in [4.78, 5) is 0. The maximum atomic E-state index is 13.0. The highest BCUT2D eigenvalue weighted by Crippen LogP contribution is 2.37. The zero-order valence-electron chi connectivity index (χ0n) is 15.3. The highest BCUT2D eigenvalue weighted by atomic mass is 19.4. The minimum absolute atomic E-state index is 0.0578. The Bertz CT molecular complexity index is 805. The molecule has 29 heavy (non-hydrogen) atoms. The summed E-state index contributed by atoms with van der Waals surface area (Å²) in [7, 11) is 0. The summed E-state index contributed by atoms with van der Waals surface area (Å²) >= 11 is 0. The Morgan fingerprint density at radius 1 is 0.966 bits per heavy atom. The second-order valence-electron chi connectivity index (χ2n) is 7.20. The monoisotopic (exact) mass is 418 g/mol. The van der Waals surface area contributed by atoms with Crippen LogP contribution in [0.4, 0.5) is 26.3 Å². The fourth-order valence-electron chi connectivity index (χ4n) is 3.53. The van der Waals surface area contributed by atoms with Crippen LogP contribution in [0.3, 0.4) is 0 Å². The fraction of sp³-hybridized carbons (Fsp3) is 0.400. The second-order valence-corrected chi connectivity index (χ2v) is 7.20. The summed E-state index contributed by atoms with van der Waals surface area (Å²) < 4.78 is 83.6. The Labute approximate surface area is 163 Å². The van der Waals surface area contributed by atoms with Crippen LogP contribution in [0.25, 0.3) is 0 Å². The molecule has 3 rings (SSSR count). The van der Waals surface area contributed by atoms with Gasteiger partial charge in [-0.2, -0.15) is 26.3 Å². The van der Waals surface area contributed by atoms with E-state index < -0.39 is 35.6 Å². The molecule has 158 valence electrons. The van der Waals surface area contributed by atoms with E-state index in [-0.39, 0.29) is 24.3 Å². The van der Waals surface area contributed by atoms with Gasteiger partial charge in [-0.05, 0) is 35.7 Å². The largest absolute Gasteiger partial charge is 0.416 e. The van der Waals surface area contributed by atoms with Crippen LogP contribution in [0, 0.1) is 0 Å². The van der Waals surface area contributed by atoms with Crippen LogP contribution in [0.2, 0.25) is 0 Å². The van der Waals surface area contributed by atoms with Crippen LogP contribution >= 0.6 is 0 Å². The number of hydrogen-bond acceptors (Lipinski definition) is 3. The first-order valence-corrected chi connectivity index (χ1v) is 8.92. The van der Waals surface area contributed by atoms with Gasteiger partial charge in [0.1, 0.15) is 0 Å². The van der Waals surface area contributed by atoms with Crippen molar-refractivity contribution >= 4 is 0 Å². The highest BCUT2D eigenvalue weighted by Gasteiger charge is 2.40. The maximum Gasteiger partial charge on any atom is 0.416 e. The van der Waals surface area contributed by atoms with Crippen molar-refractivity contribution in [3.05, 3.63) is 70.8 Å². The maximum absolute atomic E-state index is 13.0. The van der Waals surface area contributed by atoms with Gasteiger partial charge >= 0.3 is 12.4 Å². The number of halogens is 6. The normalized spacial score (nSPS) is 22.8. The summed E-state index contributed by atoms with van der Waals surface area (Å²) in [6.07, 6.45) is -9.24. The fourth-order valence-corrected chi connectivity index (χ4v) is 3.53. The van der Waals surface area contributed by atoms with Crippen molar-refractivity contribution < 1.29 is 31.1 Å². The number of alkyl halides is 6. The Morgan fingerprint density at radius 2 is 1.55 bits per heavy atom. The molecule has 0 aromatic heterocycles. The Balaban J connectivity index is 1.80. The Kier molecular flexibility index (Phi) is 5.93. The van der Waals surface area contributed by atoms with E-state index in [1.165, 1.54) is 0 Å². The summed E-state index contributed by atoms with van der Waals surface area (Å²) in [5, 5.41) is 3.28. The van der Waals surface area contributed by atoms with Crippen molar-refractivity contribution in [3.63, 3.8) is 0 Å². The van der Waals surface area contributed by atoms with E-state index in [1.54, 1.807) is 0 Å². The molecule has 1 aliphatic heterocycles. The van der Waals surface area contributed by atoms with Crippen molar-refractivity contribution in [2.24, 2.45) is 5.73 Å². The molecular formula is C20H20F6N2O. The minimum Gasteiger partial charge on any atom is -0.374 e. The van der Waals surface area contributed by atoms with Crippen molar-refractivity contribution in [1.82, 2.24) is 5.32 Å². The summed E-state index contributed by atoms with van der Waals surface area (Å²) in [6.45, 7) is 0.195. The quantitative estimate of drug-likeness (QED) is 0.705. The SMILES string of the molecule is NC1CNC(COCc2cc(C(F)(F)F)cc(C(F)(F)F)c2)(c2ccccc2)C1. The number of benzene rings is 2. The standard InChI is InChI=1S/C20H20F6N2O/c21-19(22,23)15-6-13(7-16(8-15)20(24,25)26)11-29-12-18(9-17(27)10-28-18)14-4-2-1-3-5-14/h1-8,17,28H,9-12,27H2. The average Bonchev–Trinajstić information content (AvgIpc) is 3.03. The average molecular weight is 418 g/mol. The summed E-state index contributed by atoms with van der Waals surface area (Å²) in [5.41, 5.74) is 3.34. The Hall–Kier alpha value is -2.10. The molecule has 2 aromatic carbocycles. The van der Waals surface area contributed by atoms with Gasteiger partial charge in [-0.15, -0.1) is 0 Å². The molecule has 0 aliphatic carbocycles. The lowest BCUT2D eigenvalue weighted by atomic mass is 9.88. The third kappa shape index (κ3) is 5.09. The third-order valence-electron chi connectivity index (χ3n) is 4.90. The van der Waals surface area contributed by atoms with Crippen LogP contribution in [-0.2, 0) is 29.2 Å². The van der Waals surface area contributed by atoms with Crippen LogP contribution in [0.15, 0.2) is 48.5 Å². The van der Waals surface area contributed by atoms with Gasteiger partial charge in [0.15, 0.2) is 0 Å². The Morgan fingerprint density at radius 3 is 2.03 bits per heavy atom. The predicted molar refractivity (Wildman–Crippen MR) is 94.8 cm³/mol. The lowest BCUT2D eigenvalue weighted by Crippen LogP contribution is -2.41. The zero-order valence-corrected chi connectivity index (χ0v) is 15.3. The smallest absolute Gasteiger partial charge is 0.374 e. The van der Waals surface area contributed by atoms with Gasteiger partial charge in [0.2, 0.25) is 0 Å². The molecule has 2 atom stereocenters. The van der Waals surface area contributed by atoms with Gasteiger partial charge in [-0.3, -0.25) is 0 Å². The number of rotatable bonds is 5. The first-order chi connectivity index (χ1) is 13.5. The van der Waals surface area contributed by atoms with E-state index in [9.17, 15) is 26.3 Å². The molecule has 3 nitrogen and oxygen atoms in total. The van der Waals surface area contributed by atoms with Gasteiger partial charge in [-0.25, -0.2) is 0 Å². The van der Waals surface area contributed by atoms with Crippen LogP contribution < -0.4 is 11.1 Å². The molecule has 2 unspecified atom stereocenters.